The lowest BCUT2D eigenvalue weighted by molar-refractivity contribution is 0.354. The summed E-state index contributed by atoms with van der Waals surface area (Å²) in [6.07, 6.45) is 0. The second kappa shape index (κ2) is 5.62. The van der Waals surface area contributed by atoms with Crippen molar-refractivity contribution < 1.29 is 17.5 Å². The molecule has 0 saturated heterocycles. The summed E-state index contributed by atoms with van der Waals surface area (Å²) in [5, 5.41) is 0. The lowest BCUT2D eigenvalue weighted by Gasteiger charge is -2.15. The van der Waals surface area contributed by atoms with Crippen LogP contribution >= 0.6 is 16.1 Å². The summed E-state index contributed by atoms with van der Waals surface area (Å²) in [6.45, 7) is 0. The molecule has 4 nitrogen and oxygen atoms in total. The molecule has 0 heterocycles. The van der Waals surface area contributed by atoms with Crippen molar-refractivity contribution in [3.8, 4) is 0 Å². The molecule has 0 radical (unpaired) electrons. The fourth-order valence-electron chi connectivity index (χ4n) is 0.886. The monoisotopic (exact) mass is 298 g/mol. The van der Waals surface area contributed by atoms with E-state index in [4.69, 9.17) is 20.9 Å². The molecule has 1 aromatic rings. The Balaban J connectivity index is 3.02. The summed E-state index contributed by atoms with van der Waals surface area (Å²) < 4.78 is 33.7. The molecule has 90 valence electrons. The van der Waals surface area contributed by atoms with E-state index in [1.165, 1.54) is 26.4 Å². The van der Waals surface area contributed by atoms with Crippen LogP contribution in [0.4, 0.5) is 0 Å². The van der Waals surface area contributed by atoms with Crippen LogP contribution in [0, 0.1) is 0 Å². The molecule has 0 aromatic heterocycles. The van der Waals surface area contributed by atoms with E-state index >= 15 is 0 Å². The Morgan fingerprint density at radius 3 is 2.12 bits per heavy atom. The minimum absolute atomic E-state index is 0.198. The van der Waals surface area contributed by atoms with Gasteiger partial charge in [-0.15, -0.1) is 0 Å². The van der Waals surface area contributed by atoms with Crippen LogP contribution in [0.25, 0.3) is 0 Å². The van der Waals surface area contributed by atoms with Gasteiger partial charge in [0.25, 0.3) is 5.69 Å². The summed E-state index contributed by atoms with van der Waals surface area (Å²) >= 11 is 5.00. The molecule has 0 aliphatic rings. The van der Waals surface area contributed by atoms with E-state index in [2.05, 4.69) is 0 Å². The van der Waals surface area contributed by atoms with Gasteiger partial charge < -0.3 is 9.05 Å². The molecular weight excluding hydrogens is 287 g/mol. The summed E-state index contributed by atoms with van der Waals surface area (Å²) in [7, 11) is -0.284. The van der Waals surface area contributed by atoms with Crippen molar-refractivity contribution in [1.82, 2.24) is 0 Å². The van der Waals surface area contributed by atoms with Crippen LogP contribution in [0.15, 0.2) is 35.2 Å². The van der Waals surface area contributed by atoms with E-state index < -0.39 is 14.6 Å². The highest BCUT2D eigenvalue weighted by molar-refractivity contribution is 9.00. The SMILES string of the molecule is COP(=S)(OC)SS(=O)(=O)c1ccccc1. The maximum absolute atomic E-state index is 11.9. The number of rotatable bonds is 5. The second-order valence-electron chi connectivity index (χ2n) is 2.65. The van der Waals surface area contributed by atoms with Crippen LogP contribution in [-0.4, -0.2) is 22.6 Å². The lowest BCUT2D eigenvalue weighted by Crippen LogP contribution is -1.96. The number of hydrogen-bond donors (Lipinski definition) is 0. The molecule has 0 fully saturated rings. The van der Waals surface area contributed by atoms with Gasteiger partial charge in [-0.1, -0.05) is 18.2 Å². The van der Waals surface area contributed by atoms with Gasteiger partial charge in [-0.25, -0.2) is 8.42 Å². The molecular formula is C8H11O4PS3. The highest BCUT2D eigenvalue weighted by atomic mass is 33.4. The zero-order chi connectivity index (χ0) is 12.2. The largest absolute Gasteiger partial charge is 0.324 e. The molecule has 1 rings (SSSR count). The molecule has 0 aliphatic heterocycles. The predicted octanol–water partition coefficient (Wildman–Crippen LogP) is 2.63. The van der Waals surface area contributed by atoms with E-state index in [1.807, 2.05) is 0 Å². The van der Waals surface area contributed by atoms with Crippen molar-refractivity contribution in [2.45, 2.75) is 4.90 Å². The van der Waals surface area contributed by atoms with Crippen LogP contribution in [0.5, 0.6) is 0 Å². The Morgan fingerprint density at radius 2 is 1.69 bits per heavy atom. The van der Waals surface area contributed by atoms with Crippen molar-refractivity contribution >= 4 is 36.8 Å². The van der Waals surface area contributed by atoms with Gasteiger partial charge in [0, 0.05) is 14.2 Å². The zero-order valence-corrected chi connectivity index (χ0v) is 12.0. The first-order valence-electron chi connectivity index (χ1n) is 4.16. The van der Waals surface area contributed by atoms with Crippen LogP contribution in [0.1, 0.15) is 0 Å². The molecule has 0 aliphatic carbocycles. The van der Waals surface area contributed by atoms with Gasteiger partial charge in [-0.3, -0.25) is 0 Å². The van der Waals surface area contributed by atoms with Gasteiger partial charge in [0.2, 0.25) is 8.87 Å². The van der Waals surface area contributed by atoms with Gasteiger partial charge in [0.1, 0.15) is 0 Å². The van der Waals surface area contributed by atoms with Gasteiger partial charge in [-0.05, 0) is 23.9 Å². The Bertz CT molecular complexity index is 477. The molecule has 0 saturated carbocycles. The quantitative estimate of drug-likeness (QED) is 0.615. The van der Waals surface area contributed by atoms with Crippen molar-refractivity contribution in [3.63, 3.8) is 0 Å². The van der Waals surface area contributed by atoms with E-state index in [0.717, 1.165) is 0 Å². The minimum atomic E-state index is -3.53. The zero-order valence-electron chi connectivity index (χ0n) is 8.69. The predicted molar refractivity (Wildman–Crippen MR) is 69.5 cm³/mol. The minimum Gasteiger partial charge on any atom is -0.324 e. The Morgan fingerprint density at radius 1 is 1.19 bits per heavy atom. The van der Waals surface area contributed by atoms with Crippen LogP contribution in [0.3, 0.4) is 0 Å². The number of benzene rings is 1. The van der Waals surface area contributed by atoms with E-state index in [-0.39, 0.29) is 4.90 Å². The van der Waals surface area contributed by atoms with E-state index in [0.29, 0.717) is 10.4 Å². The summed E-state index contributed by atoms with van der Waals surface area (Å²) in [6, 6.07) is 8.06. The molecule has 8 heteroatoms. The van der Waals surface area contributed by atoms with Crippen LogP contribution < -0.4 is 0 Å². The summed E-state index contributed by atoms with van der Waals surface area (Å²) in [4.78, 5) is 0.198. The third-order valence-corrected chi connectivity index (χ3v) is 12.3. The lowest BCUT2D eigenvalue weighted by atomic mass is 10.4. The van der Waals surface area contributed by atoms with Crippen molar-refractivity contribution in [1.29, 1.82) is 0 Å². The third-order valence-electron chi connectivity index (χ3n) is 1.67. The molecule has 1 aromatic carbocycles. The smallest absolute Gasteiger partial charge is 0.262 e. The Kier molecular flexibility index (Phi) is 4.97. The maximum Gasteiger partial charge on any atom is 0.262 e. The molecule has 0 N–H and O–H groups in total. The van der Waals surface area contributed by atoms with Gasteiger partial charge in [0.15, 0.2) is 0 Å². The van der Waals surface area contributed by atoms with E-state index in [1.54, 1.807) is 18.2 Å². The van der Waals surface area contributed by atoms with Crippen LogP contribution in [-0.2, 0) is 29.7 Å². The van der Waals surface area contributed by atoms with Crippen LogP contribution in [0.2, 0.25) is 0 Å². The fourth-order valence-corrected chi connectivity index (χ4v) is 9.85. The number of hydrogen-bond acceptors (Lipinski definition) is 6. The van der Waals surface area contributed by atoms with Gasteiger partial charge in [-0.2, -0.15) is 0 Å². The molecule has 16 heavy (non-hydrogen) atoms. The Hall–Kier alpha value is 0.0900. The summed E-state index contributed by atoms with van der Waals surface area (Å²) in [5.74, 6) is 0. The normalized spacial score (nSPS) is 12.6. The topological polar surface area (TPSA) is 52.6 Å². The molecule has 0 bridgehead atoms. The van der Waals surface area contributed by atoms with Crippen molar-refractivity contribution in [2.75, 3.05) is 14.2 Å². The average Bonchev–Trinajstić information content (AvgIpc) is 2.29. The highest BCUT2D eigenvalue weighted by Crippen LogP contribution is 2.63. The first kappa shape index (κ1) is 14.2. The van der Waals surface area contributed by atoms with Gasteiger partial charge >= 0.3 is 0 Å². The summed E-state index contributed by atoms with van der Waals surface area (Å²) in [5.41, 5.74) is -2.81. The van der Waals surface area contributed by atoms with Gasteiger partial charge in [0.05, 0.1) is 15.3 Å². The second-order valence-corrected chi connectivity index (χ2v) is 12.5. The first-order valence-corrected chi connectivity index (χ1v) is 10.2. The molecule has 0 spiro atoms. The average molecular weight is 298 g/mol. The molecule has 0 atom stereocenters. The first-order chi connectivity index (χ1) is 7.43. The standard InChI is InChI=1S/C8H11O4PS3/c1-11-13(14,12-2)15-16(9,10)8-6-4-3-5-7-8/h3-7H,1-2H3. The van der Waals surface area contributed by atoms with Crippen molar-refractivity contribution in [2.24, 2.45) is 0 Å². The molecule has 0 unspecified atom stereocenters. The highest BCUT2D eigenvalue weighted by Gasteiger charge is 2.28. The molecule has 0 amide bonds. The van der Waals surface area contributed by atoms with E-state index in [9.17, 15) is 8.42 Å². The van der Waals surface area contributed by atoms with Crippen molar-refractivity contribution in [3.05, 3.63) is 30.3 Å². The third kappa shape index (κ3) is 3.55. The maximum atomic E-state index is 11.9. The Labute approximate surface area is 104 Å². The fraction of sp³-hybridized carbons (Fsp3) is 0.250.